The van der Waals surface area contributed by atoms with Gasteiger partial charge in [-0.2, -0.15) is 0 Å². The van der Waals surface area contributed by atoms with Crippen LogP contribution in [-0.4, -0.2) is 48.6 Å². The number of carbonyl (C=O) groups excluding carboxylic acids is 2. The Balaban J connectivity index is 2.06. The number of thiophene rings is 1. The predicted molar refractivity (Wildman–Crippen MR) is 117 cm³/mol. The normalized spacial score (nSPS) is 18.2. The van der Waals surface area contributed by atoms with Crippen molar-refractivity contribution in [1.29, 1.82) is 0 Å². The highest BCUT2D eigenvalue weighted by molar-refractivity contribution is 7.10. The molecule has 2 heterocycles. The zero-order valence-corrected chi connectivity index (χ0v) is 18.3. The molecular formula is C23H27NO5S. The zero-order chi connectivity index (χ0) is 21.7. The fourth-order valence-corrected chi connectivity index (χ4v) is 4.58. The molecule has 1 amide bonds. The van der Waals surface area contributed by atoms with Crippen LogP contribution in [0.25, 0.3) is 5.76 Å². The average molecular weight is 430 g/mol. The van der Waals surface area contributed by atoms with Gasteiger partial charge in [-0.25, -0.2) is 0 Å². The summed E-state index contributed by atoms with van der Waals surface area (Å²) in [7, 11) is 1.60. The van der Waals surface area contributed by atoms with E-state index in [1.165, 1.54) is 11.3 Å². The number of nitrogens with zero attached hydrogens (tertiary/aromatic N) is 1. The molecule has 1 aliphatic rings. The number of hydrogen-bond acceptors (Lipinski definition) is 6. The van der Waals surface area contributed by atoms with Crippen LogP contribution in [0, 0.1) is 6.92 Å². The van der Waals surface area contributed by atoms with E-state index in [4.69, 9.17) is 9.47 Å². The second-order valence-electron chi connectivity index (χ2n) is 7.18. The van der Waals surface area contributed by atoms with E-state index in [1.807, 2.05) is 25.3 Å². The van der Waals surface area contributed by atoms with E-state index < -0.39 is 17.7 Å². The van der Waals surface area contributed by atoms with E-state index >= 15 is 0 Å². The maximum atomic E-state index is 13.0. The third-order valence-corrected chi connectivity index (χ3v) is 6.09. The molecule has 160 valence electrons. The molecule has 1 saturated heterocycles. The first-order valence-electron chi connectivity index (χ1n) is 10.0. The minimum Gasteiger partial charge on any atom is -0.507 e. The van der Waals surface area contributed by atoms with E-state index in [2.05, 4.69) is 0 Å². The third kappa shape index (κ3) is 4.42. The van der Waals surface area contributed by atoms with Gasteiger partial charge in [0.1, 0.15) is 11.5 Å². The van der Waals surface area contributed by atoms with Gasteiger partial charge in [-0.1, -0.05) is 19.1 Å². The van der Waals surface area contributed by atoms with Crippen LogP contribution in [0.3, 0.4) is 0 Å². The lowest BCUT2D eigenvalue weighted by atomic mass is 9.98. The van der Waals surface area contributed by atoms with Gasteiger partial charge in [0.05, 0.1) is 18.2 Å². The van der Waals surface area contributed by atoms with Crippen LogP contribution in [0.1, 0.15) is 41.8 Å². The van der Waals surface area contributed by atoms with Crippen LogP contribution in [0.5, 0.6) is 5.75 Å². The summed E-state index contributed by atoms with van der Waals surface area (Å²) in [6.45, 7) is 5.37. The van der Waals surface area contributed by atoms with E-state index in [9.17, 15) is 14.7 Å². The molecule has 3 rings (SSSR count). The van der Waals surface area contributed by atoms with Crippen LogP contribution in [0.4, 0.5) is 0 Å². The summed E-state index contributed by atoms with van der Waals surface area (Å²) in [5, 5.41) is 13.0. The maximum absolute atomic E-state index is 13.0. The van der Waals surface area contributed by atoms with Gasteiger partial charge in [-0.3, -0.25) is 9.59 Å². The Bertz CT molecular complexity index is 949. The van der Waals surface area contributed by atoms with Gasteiger partial charge in [-0.05, 0) is 48.9 Å². The van der Waals surface area contributed by atoms with Crippen LogP contribution in [-0.2, 0) is 14.3 Å². The third-order valence-electron chi connectivity index (χ3n) is 5.02. The number of amides is 1. The Labute approximate surface area is 180 Å². The Morgan fingerprint density at radius 1 is 1.23 bits per heavy atom. The number of likely N-dealkylation sites (tertiary alicyclic amines) is 1. The molecule has 0 bridgehead atoms. The quantitative estimate of drug-likeness (QED) is 0.278. The number of hydrogen-bond donors (Lipinski definition) is 1. The summed E-state index contributed by atoms with van der Waals surface area (Å²) < 4.78 is 10.8. The lowest BCUT2D eigenvalue weighted by Crippen LogP contribution is -2.31. The molecule has 2 aromatic rings. The minimum atomic E-state index is -0.664. The number of methoxy groups -OCH3 is 1. The number of carbonyl (C=O) groups is 2. The number of aryl methyl sites for hydroxylation is 1. The molecule has 1 aliphatic heterocycles. The summed E-state index contributed by atoms with van der Waals surface area (Å²) in [6.07, 6.45) is 1.46. The van der Waals surface area contributed by atoms with E-state index in [-0.39, 0.29) is 11.3 Å². The highest BCUT2D eigenvalue weighted by Gasteiger charge is 2.46. The standard InChI is InChI=1S/C23H27NO5S/c1-4-11-29-17-8-5-7-16(14-17)20(25)18-19(22-15(2)9-13-30-22)24(10-6-12-28-3)23(27)21(18)26/h5,7-9,13-14,19,25H,4,6,10-12H2,1-3H3/b20-18-. The molecule has 1 atom stereocenters. The molecule has 1 N–H and O–H groups in total. The molecule has 7 heteroatoms. The first kappa shape index (κ1) is 22.1. The predicted octanol–water partition coefficient (Wildman–Crippen LogP) is 4.30. The van der Waals surface area contributed by atoms with Crippen LogP contribution < -0.4 is 4.74 Å². The number of rotatable bonds is 9. The van der Waals surface area contributed by atoms with Crippen molar-refractivity contribution in [2.75, 3.05) is 26.9 Å². The topological polar surface area (TPSA) is 76.1 Å². The number of ether oxygens (including phenoxy) is 2. The molecule has 0 aliphatic carbocycles. The van der Waals surface area contributed by atoms with E-state index in [0.717, 1.165) is 16.9 Å². The van der Waals surface area contributed by atoms with Gasteiger partial charge in [-0.15, -0.1) is 11.3 Å². The van der Waals surface area contributed by atoms with Crippen LogP contribution >= 0.6 is 11.3 Å². The second-order valence-corrected chi connectivity index (χ2v) is 8.13. The molecule has 1 unspecified atom stereocenters. The molecule has 30 heavy (non-hydrogen) atoms. The first-order chi connectivity index (χ1) is 14.5. The summed E-state index contributed by atoms with van der Waals surface area (Å²) >= 11 is 1.48. The molecule has 1 aromatic carbocycles. The molecule has 6 nitrogen and oxygen atoms in total. The smallest absolute Gasteiger partial charge is 0.295 e. The van der Waals surface area contributed by atoms with Crippen LogP contribution in [0.15, 0.2) is 41.3 Å². The molecular weight excluding hydrogens is 402 g/mol. The number of benzene rings is 1. The second kappa shape index (κ2) is 9.91. The van der Waals surface area contributed by atoms with Crippen molar-refractivity contribution < 1.29 is 24.2 Å². The van der Waals surface area contributed by atoms with Crippen molar-refractivity contribution in [2.24, 2.45) is 0 Å². The van der Waals surface area contributed by atoms with Gasteiger partial charge < -0.3 is 19.5 Å². The molecule has 1 fully saturated rings. The fraction of sp³-hybridized carbons (Fsp3) is 0.391. The van der Waals surface area contributed by atoms with E-state index in [0.29, 0.717) is 37.5 Å². The number of aliphatic hydroxyl groups is 1. The minimum absolute atomic E-state index is 0.121. The van der Waals surface area contributed by atoms with Crippen molar-refractivity contribution >= 4 is 28.8 Å². The molecule has 1 aromatic heterocycles. The van der Waals surface area contributed by atoms with Crippen molar-refractivity contribution in [3.8, 4) is 5.75 Å². The average Bonchev–Trinajstić information content (AvgIpc) is 3.27. The molecule has 0 radical (unpaired) electrons. The Morgan fingerprint density at radius 3 is 2.70 bits per heavy atom. The van der Waals surface area contributed by atoms with Crippen LogP contribution in [0.2, 0.25) is 0 Å². The highest BCUT2D eigenvalue weighted by atomic mass is 32.1. The van der Waals surface area contributed by atoms with Crippen molar-refractivity contribution in [3.05, 3.63) is 57.3 Å². The summed E-state index contributed by atoms with van der Waals surface area (Å²) in [5.74, 6) is -0.826. The number of Topliss-reactive ketones (excluding diaryl/α,β-unsaturated/α-hetero) is 1. The molecule has 0 spiro atoms. The zero-order valence-electron chi connectivity index (χ0n) is 17.5. The van der Waals surface area contributed by atoms with Crippen molar-refractivity contribution in [1.82, 2.24) is 4.90 Å². The largest absolute Gasteiger partial charge is 0.507 e. The number of ketones is 1. The summed E-state index contributed by atoms with van der Waals surface area (Å²) in [5.41, 5.74) is 1.56. The Hall–Kier alpha value is -2.64. The van der Waals surface area contributed by atoms with Gasteiger partial charge in [0.25, 0.3) is 11.7 Å². The van der Waals surface area contributed by atoms with Gasteiger partial charge >= 0.3 is 0 Å². The fourth-order valence-electron chi connectivity index (χ4n) is 3.54. The van der Waals surface area contributed by atoms with Gasteiger partial charge in [0.2, 0.25) is 0 Å². The molecule has 0 saturated carbocycles. The maximum Gasteiger partial charge on any atom is 0.295 e. The SMILES string of the molecule is CCCOc1cccc(/C(O)=C2/C(=O)C(=O)N(CCCOC)C2c2sccc2C)c1. The van der Waals surface area contributed by atoms with Gasteiger partial charge in [0, 0.05) is 30.7 Å². The van der Waals surface area contributed by atoms with Gasteiger partial charge in [0.15, 0.2) is 0 Å². The summed E-state index contributed by atoms with van der Waals surface area (Å²) in [6, 6.07) is 8.32. The Morgan fingerprint density at radius 2 is 2.03 bits per heavy atom. The van der Waals surface area contributed by atoms with E-state index in [1.54, 1.807) is 36.3 Å². The monoisotopic (exact) mass is 429 g/mol. The van der Waals surface area contributed by atoms with Crippen molar-refractivity contribution in [3.63, 3.8) is 0 Å². The highest BCUT2D eigenvalue weighted by Crippen LogP contribution is 2.42. The van der Waals surface area contributed by atoms with Crippen molar-refractivity contribution in [2.45, 2.75) is 32.7 Å². The lowest BCUT2D eigenvalue weighted by Gasteiger charge is -2.24. The first-order valence-corrected chi connectivity index (χ1v) is 10.9. The summed E-state index contributed by atoms with van der Waals surface area (Å²) in [4.78, 5) is 28.2. The Kier molecular flexibility index (Phi) is 7.29. The number of aliphatic hydroxyl groups excluding tert-OH is 1. The lowest BCUT2D eigenvalue weighted by molar-refractivity contribution is -0.140.